The van der Waals surface area contributed by atoms with Crippen molar-refractivity contribution in [2.24, 2.45) is 11.8 Å². The second kappa shape index (κ2) is 9.84. The van der Waals surface area contributed by atoms with Gasteiger partial charge < -0.3 is 15.7 Å². The van der Waals surface area contributed by atoms with Gasteiger partial charge >= 0.3 is 5.97 Å². The first kappa shape index (κ1) is 22.0. The first-order valence-corrected chi connectivity index (χ1v) is 11.1. The summed E-state index contributed by atoms with van der Waals surface area (Å²) in [6, 6.07) is 3.69. The van der Waals surface area contributed by atoms with Crippen LogP contribution in [0.4, 0.5) is 5.00 Å². The van der Waals surface area contributed by atoms with Gasteiger partial charge in [-0.15, -0.1) is 11.3 Å². The van der Waals surface area contributed by atoms with Gasteiger partial charge in [-0.05, 0) is 43.4 Å². The monoisotopic (exact) mass is 429 g/mol. The van der Waals surface area contributed by atoms with Crippen LogP contribution in [0.5, 0.6) is 0 Å². The predicted octanol–water partition coefficient (Wildman–Crippen LogP) is 3.77. The Balaban J connectivity index is 1.80. The van der Waals surface area contributed by atoms with Gasteiger partial charge in [-0.1, -0.05) is 25.8 Å². The van der Waals surface area contributed by atoms with E-state index in [1.807, 2.05) is 26.0 Å². The predicted molar refractivity (Wildman–Crippen MR) is 116 cm³/mol. The van der Waals surface area contributed by atoms with Gasteiger partial charge in [0, 0.05) is 23.8 Å². The summed E-state index contributed by atoms with van der Waals surface area (Å²) >= 11 is 1.36. The number of thiophene rings is 1. The van der Waals surface area contributed by atoms with Crippen molar-refractivity contribution in [2.75, 3.05) is 5.32 Å². The number of carbonyl (C=O) groups excluding carboxylic acids is 2. The Bertz CT molecular complexity index is 926. The molecule has 1 saturated carbocycles. The molecule has 160 valence electrons. The molecule has 7 nitrogen and oxygen atoms in total. The van der Waals surface area contributed by atoms with Crippen LogP contribution in [0.1, 0.15) is 59.0 Å². The van der Waals surface area contributed by atoms with E-state index in [-0.39, 0.29) is 11.8 Å². The highest BCUT2D eigenvalue weighted by molar-refractivity contribution is 7.16. The first-order valence-electron chi connectivity index (χ1n) is 10.2. The van der Waals surface area contributed by atoms with E-state index >= 15 is 0 Å². The molecule has 3 N–H and O–H groups in total. The van der Waals surface area contributed by atoms with E-state index in [0.29, 0.717) is 36.4 Å². The molecule has 30 heavy (non-hydrogen) atoms. The Morgan fingerprint density at radius 1 is 1.23 bits per heavy atom. The van der Waals surface area contributed by atoms with Crippen molar-refractivity contribution >= 4 is 34.1 Å². The highest BCUT2D eigenvalue weighted by Crippen LogP contribution is 2.36. The fourth-order valence-electron chi connectivity index (χ4n) is 4.05. The molecule has 0 aromatic carbocycles. The van der Waals surface area contributed by atoms with Gasteiger partial charge in [0.25, 0.3) is 5.91 Å². The number of carboxylic acid groups (broad SMARTS) is 1. The normalized spacial score (nSPS) is 18.6. The standard InChI is InChI=1S/C22H27N3O4S/c1-3-15-13(2)30-21(18(15)20(27)24-12-14-7-6-10-23-11-14)25-19(26)16-8-4-5-9-17(16)22(28)29/h6-7,10-11,16-17H,3-5,8-9,12H2,1-2H3,(H,24,27)(H,25,26)(H,28,29)/t16-,17-/m0/s1. The maximum Gasteiger partial charge on any atom is 0.307 e. The van der Waals surface area contributed by atoms with Gasteiger partial charge in [0.1, 0.15) is 5.00 Å². The summed E-state index contributed by atoms with van der Waals surface area (Å²) in [4.78, 5) is 42.5. The zero-order valence-electron chi connectivity index (χ0n) is 17.2. The molecular weight excluding hydrogens is 402 g/mol. The average molecular weight is 430 g/mol. The Morgan fingerprint density at radius 2 is 1.97 bits per heavy atom. The molecular formula is C22H27N3O4S. The molecule has 0 spiro atoms. The molecule has 2 aromatic rings. The molecule has 3 rings (SSSR count). The number of aromatic nitrogens is 1. The highest BCUT2D eigenvalue weighted by Gasteiger charge is 2.36. The van der Waals surface area contributed by atoms with Crippen LogP contribution in [0.2, 0.25) is 0 Å². The number of anilines is 1. The lowest BCUT2D eigenvalue weighted by atomic mass is 9.79. The largest absolute Gasteiger partial charge is 0.481 e. The fraction of sp³-hybridized carbons (Fsp3) is 0.455. The SMILES string of the molecule is CCc1c(C)sc(NC(=O)[C@H]2CCCC[C@@H]2C(=O)O)c1C(=O)NCc1cccnc1. The van der Waals surface area contributed by atoms with Crippen molar-refractivity contribution in [1.82, 2.24) is 10.3 Å². The third-order valence-corrected chi connectivity index (χ3v) is 6.69. The van der Waals surface area contributed by atoms with Crippen LogP contribution >= 0.6 is 11.3 Å². The van der Waals surface area contributed by atoms with Crippen LogP contribution in [0.25, 0.3) is 0 Å². The van der Waals surface area contributed by atoms with Crippen molar-refractivity contribution < 1.29 is 19.5 Å². The van der Waals surface area contributed by atoms with E-state index in [9.17, 15) is 19.5 Å². The van der Waals surface area contributed by atoms with Crippen LogP contribution in [-0.4, -0.2) is 27.9 Å². The quantitative estimate of drug-likeness (QED) is 0.621. The van der Waals surface area contributed by atoms with Crippen molar-refractivity contribution in [1.29, 1.82) is 0 Å². The van der Waals surface area contributed by atoms with Gasteiger partial charge in [-0.25, -0.2) is 0 Å². The van der Waals surface area contributed by atoms with Crippen LogP contribution in [0.15, 0.2) is 24.5 Å². The van der Waals surface area contributed by atoms with Crippen molar-refractivity contribution in [2.45, 2.75) is 52.5 Å². The number of amides is 2. The minimum atomic E-state index is -0.930. The summed E-state index contributed by atoms with van der Waals surface area (Å²) < 4.78 is 0. The smallest absolute Gasteiger partial charge is 0.307 e. The lowest BCUT2D eigenvalue weighted by Crippen LogP contribution is -2.36. The molecule has 1 fully saturated rings. The number of aryl methyl sites for hydroxylation is 1. The summed E-state index contributed by atoms with van der Waals surface area (Å²) in [7, 11) is 0. The summed E-state index contributed by atoms with van der Waals surface area (Å²) in [5.41, 5.74) is 2.25. The summed E-state index contributed by atoms with van der Waals surface area (Å²) in [5.74, 6) is -2.75. The highest BCUT2D eigenvalue weighted by atomic mass is 32.1. The number of nitrogens with one attached hydrogen (secondary N) is 2. The van der Waals surface area contributed by atoms with E-state index in [2.05, 4.69) is 15.6 Å². The van der Waals surface area contributed by atoms with E-state index < -0.39 is 17.8 Å². The van der Waals surface area contributed by atoms with Gasteiger partial charge in [-0.3, -0.25) is 19.4 Å². The Labute approximate surface area is 179 Å². The molecule has 0 bridgehead atoms. The molecule has 0 radical (unpaired) electrons. The van der Waals surface area contributed by atoms with E-state index in [0.717, 1.165) is 28.8 Å². The molecule has 2 heterocycles. The average Bonchev–Trinajstić information content (AvgIpc) is 3.07. The minimum Gasteiger partial charge on any atom is -0.481 e. The Hall–Kier alpha value is -2.74. The lowest BCUT2D eigenvalue weighted by Gasteiger charge is -2.27. The maximum atomic E-state index is 13.0. The molecule has 2 atom stereocenters. The number of carboxylic acids is 1. The van der Waals surface area contributed by atoms with Gasteiger partial charge in [-0.2, -0.15) is 0 Å². The summed E-state index contributed by atoms with van der Waals surface area (Å²) in [6.07, 6.45) is 6.75. The Kier molecular flexibility index (Phi) is 7.20. The number of rotatable bonds is 7. The molecule has 8 heteroatoms. The van der Waals surface area contributed by atoms with E-state index in [1.54, 1.807) is 12.4 Å². The molecule has 2 amide bonds. The summed E-state index contributed by atoms with van der Waals surface area (Å²) in [5, 5.41) is 15.8. The molecule has 0 aliphatic heterocycles. The van der Waals surface area contributed by atoms with E-state index in [4.69, 9.17) is 0 Å². The van der Waals surface area contributed by atoms with Crippen LogP contribution in [0, 0.1) is 18.8 Å². The van der Waals surface area contributed by atoms with Gasteiger partial charge in [0.05, 0.1) is 17.4 Å². The fourth-order valence-corrected chi connectivity index (χ4v) is 5.20. The maximum absolute atomic E-state index is 13.0. The number of carbonyl (C=O) groups is 3. The number of hydrogen-bond donors (Lipinski definition) is 3. The Morgan fingerprint density at radius 3 is 2.60 bits per heavy atom. The first-order chi connectivity index (χ1) is 14.4. The van der Waals surface area contributed by atoms with Crippen LogP contribution in [0.3, 0.4) is 0 Å². The van der Waals surface area contributed by atoms with Gasteiger partial charge in [0.15, 0.2) is 0 Å². The van der Waals surface area contributed by atoms with Crippen molar-refractivity contribution in [3.63, 3.8) is 0 Å². The number of pyridine rings is 1. The van der Waals surface area contributed by atoms with Crippen molar-refractivity contribution in [3.8, 4) is 0 Å². The molecule has 0 saturated heterocycles. The van der Waals surface area contributed by atoms with Crippen LogP contribution < -0.4 is 10.6 Å². The van der Waals surface area contributed by atoms with E-state index in [1.165, 1.54) is 11.3 Å². The number of aliphatic carboxylic acids is 1. The molecule has 1 aliphatic carbocycles. The second-order valence-electron chi connectivity index (χ2n) is 7.56. The zero-order chi connectivity index (χ0) is 21.7. The minimum absolute atomic E-state index is 0.256. The van der Waals surface area contributed by atoms with Gasteiger partial charge in [0.2, 0.25) is 5.91 Å². The number of hydrogen-bond acceptors (Lipinski definition) is 5. The van der Waals surface area contributed by atoms with Crippen LogP contribution in [-0.2, 0) is 22.6 Å². The number of nitrogens with zero attached hydrogens (tertiary/aromatic N) is 1. The zero-order valence-corrected chi connectivity index (χ0v) is 18.1. The lowest BCUT2D eigenvalue weighted by molar-refractivity contribution is -0.147. The second-order valence-corrected chi connectivity index (χ2v) is 8.79. The molecule has 1 aliphatic rings. The topological polar surface area (TPSA) is 108 Å². The third kappa shape index (κ3) is 4.87. The third-order valence-electron chi connectivity index (χ3n) is 5.62. The van der Waals surface area contributed by atoms with Crippen molar-refractivity contribution in [3.05, 3.63) is 46.1 Å². The molecule has 0 unspecified atom stereocenters. The summed E-state index contributed by atoms with van der Waals surface area (Å²) in [6.45, 7) is 4.24. The molecule has 2 aromatic heterocycles.